The number of thioether (sulfide) groups is 2. The van der Waals surface area contributed by atoms with Crippen LogP contribution >= 0.6 is 34.9 Å². The predicted molar refractivity (Wildman–Crippen MR) is 93.0 cm³/mol. The van der Waals surface area contributed by atoms with Gasteiger partial charge < -0.3 is 10.1 Å². The maximum atomic E-state index is 12.5. The van der Waals surface area contributed by atoms with Crippen molar-refractivity contribution in [2.24, 2.45) is 0 Å². The van der Waals surface area contributed by atoms with Crippen LogP contribution in [0.4, 0.5) is 13.9 Å². The van der Waals surface area contributed by atoms with E-state index in [2.05, 4.69) is 22.1 Å². The Hall–Kier alpha value is -1.32. The van der Waals surface area contributed by atoms with Crippen molar-refractivity contribution in [1.29, 1.82) is 0 Å². The summed E-state index contributed by atoms with van der Waals surface area (Å²) in [7, 11) is 1.48. The molecule has 0 amide bonds. The molecule has 0 spiro atoms. The van der Waals surface area contributed by atoms with Gasteiger partial charge >= 0.3 is 0 Å². The van der Waals surface area contributed by atoms with E-state index in [9.17, 15) is 8.78 Å². The molecule has 124 valence electrons. The highest BCUT2D eigenvalue weighted by molar-refractivity contribution is 8.00. The summed E-state index contributed by atoms with van der Waals surface area (Å²) >= 11 is 3.48. The highest BCUT2D eigenvalue weighted by Gasteiger charge is 2.12. The molecular weight excluding hydrogens is 360 g/mol. The Balaban J connectivity index is 1.97. The maximum Gasteiger partial charge on any atom is 0.289 e. The van der Waals surface area contributed by atoms with E-state index in [-0.39, 0.29) is 0 Å². The summed E-state index contributed by atoms with van der Waals surface area (Å²) in [5.74, 6) is -1.35. The van der Waals surface area contributed by atoms with E-state index in [1.165, 1.54) is 30.2 Å². The Morgan fingerprint density at radius 2 is 2.26 bits per heavy atom. The number of hydrogen-bond donors (Lipinski definition) is 1. The normalized spacial score (nSPS) is 10.8. The molecule has 0 aliphatic rings. The van der Waals surface area contributed by atoms with E-state index in [1.54, 1.807) is 18.2 Å². The van der Waals surface area contributed by atoms with Crippen molar-refractivity contribution < 1.29 is 13.5 Å². The van der Waals surface area contributed by atoms with Crippen molar-refractivity contribution in [3.63, 3.8) is 0 Å². The zero-order valence-electron chi connectivity index (χ0n) is 12.3. The Labute approximate surface area is 145 Å². The second-order valence-electron chi connectivity index (χ2n) is 4.20. The predicted octanol–water partition coefficient (Wildman–Crippen LogP) is 4.75. The maximum absolute atomic E-state index is 12.5. The lowest BCUT2D eigenvalue weighted by Gasteiger charge is -2.09. The first-order valence-electron chi connectivity index (χ1n) is 6.55. The smallest absolute Gasteiger partial charge is 0.289 e. The largest absolute Gasteiger partial charge is 0.496 e. The molecule has 0 atom stereocenters. The second kappa shape index (κ2) is 9.09. The lowest BCUT2D eigenvalue weighted by molar-refractivity contribution is 0.251. The van der Waals surface area contributed by atoms with Crippen LogP contribution in [0.5, 0.6) is 5.75 Å². The average molecular weight is 375 g/mol. The van der Waals surface area contributed by atoms with Crippen LogP contribution in [0.3, 0.4) is 0 Å². The first-order valence-corrected chi connectivity index (χ1v) is 9.23. The van der Waals surface area contributed by atoms with Crippen molar-refractivity contribution in [3.8, 4) is 5.75 Å². The molecule has 0 saturated carbocycles. The summed E-state index contributed by atoms with van der Waals surface area (Å²) < 4.78 is 31.0. The molecule has 0 radical (unpaired) electrons. The summed E-state index contributed by atoms with van der Waals surface area (Å²) in [6, 6.07) is 5.25. The van der Waals surface area contributed by atoms with E-state index in [4.69, 9.17) is 4.74 Å². The number of benzene rings is 1. The van der Waals surface area contributed by atoms with Gasteiger partial charge in [-0.1, -0.05) is 47.0 Å². The SMILES string of the molecule is C=CCNc1nnc(SCc2ccc(SC(F)F)c(OC)c2)s1. The molecule has 23 heavy (non-hydrogen) atoms. The van der Waals surface area contributed by atoms with Gasteiger partial charge in [-0.2, -0.15) is 8.78 Å². The summed E-state index contributed by atoms with van der Waals surface area (Å²) in [6.45, 7) is 4.27. The molecular formula is C14H15F2N3OS3. The van der Waals surface area contributed by atoms with Crippen LogP contribution in [0.15, 0.2) is 40.1 Å². The van der Waals surface area contributed by atoms with E-state index in [1.807, 2.05) is 6.07 Å². The molecule has 0 saturated heterocycles. The second-order valence-corrected chi connectivity index (χ2v) is 7.43. The molecule has 2 aromatic rings. The molecule has 2 rings (SSSR count). The molecule has 0 aliphatic heterocycles. The minimum absolute atomic E-state index is 0.433. The van der Waals surface area contributed by atoms with Crippen LogP contribution < -0.4 is 10.1 Å². The summed E-state index contributed by atoms with van der Waals surface area (Å²) in [5, 5.41) is 11.9. The van der Waals surface area contributed by atoms with Crippen molar-refractivity contribution >= 4 is 40.0 Å². The number of aromatic nitrogens is 2. The molecule has 1 aromatic heterocycles. The van der Waals surface area contributed by atoms with Crippen molar-refractivity contribution in [2.45, 2.75) is 20.7 Å². The van der Waals surface area contributed by atoms with Gasteiger partial charge in [0, 0.05) is 12.3 Å². The highest BCUT2D eigenvalue weighted by Crippen LogP contribution is 2.35. The van der Waals surface area contributed by atoms with Gasteiger partial charge in [0.1, 0.15) is 5.75 Å². The zero-order chi connectivity index (χ0) is 16.7. The van der Waals surface area contributed by atoms with Crippen LogP contribution in [0.2, 0.25) is 0 Å². The first kappa shape index (κ1) is 18.0. The van der Waals surface area contributed by atoms with Crippen LogP contribution in [0.1, 0.15) is 5.56 Å². The molecule has 0 unspecified atom stereocenters. The molecule has 0 aliphatic carbocycles. The van der Waals surface area contributed by atoms with Crippen LogP contribution in [0.25, 0.3) is 0 Å². The molecule has 0 fully saturated rings. The number of ether oxygens (including phenoxy) is 1. The van der Waals surface area contributed by atoms with Gasteiger partial charge in [-0.05, 0) is 17.7 Å². The number of rotatable bonds is 9. The lowest BCUT2D eigenvalue weighted by Crippen LogP contribution is -1.96. The van der Waals surface area contributed by atoms with Gasteiger partial charge in [0.25, 0.3) is 5.76 Å². The Bertz CT molecular complexity index is 652. The Kier molecular flexibility index (Phi) is 7.13. The third-order valence-electron chi connectivity index (χ3n) is 2.61. The quantitative estimate of drug-likeness (QED) is 0.504. The number of halogens is 2. The van der Waals surface area contributed by atoms with Gasteiger partial charge in [0.2, 0.25) is 5.13 Å². The number of anilines is 1. The van der Waals surface area contributed by atoms with E-state index >= 15 is 0 Å². The fraction of sp³-hybridized carbons (Fsp3) is 0.286. The van der Waals surface area contributed by atoms with Crippen LogP contribution in [-0.4, -0.2) is 29.6 Å². The summed E-state index contributed by atoms with van der Waals surface area (Å²) in [5.41, 5.74) is 0.973. The van der Waals surface area contributed by atoms with Gasteiger partial charge in [0.05, 0.1) is 12.0 Å². The standard InChI is InChI=1S/C14H15F2N3OS3/c1-3-6-17-13-18-19-14(23-13)21-8-9-4-5-11(22-12(15)16)10(7-9)20-2/h3-5,7,12H,1,6,8H2,2H3,(H,17,18). The zero-order valence-corrected chi connectivity index (χ0v) is 14.7. The molecule has 1 N–H and O–H groups in total. The van der Waals surface area contributed by atoms with Crippen molar-refractivity contribution in [1.82, 2.24) is 10.2 Å². The number of nitrogens with zero attached hydrogens (tertiary/aromatic N) is 2. The monoisotopic (exact) mass is 375 g/mol. The van der Waals surface area contributed by atoms with Gasteiger partial charge in [-0.3, -0.25) is 0 Å². The third kappa shape index (κ3) is 5.67. The molecule has 0 bridgehead atoms. The number of nitrogens with one attached hydrogen (secondary N) is 1. The van der Waals surface area contributed by atoms with Crippen LogP contribution in [0, 0.1) is 0 Å². The number of hydrogen-bond acceptors (Lipinski definition) is 7. The summed E-state index contributed by atoms with van der Waals surface area (Å²) in [4.78, 5) is 0.433. The third-order valence-corrected chi connectivity index (χ3v) is 5.47. The first-order chi connectivity index (χ1) is 11.1. The number of alkyl halides is 2. The minimum atomic E-state index is -2.47. The van der Waals surface area contributed by atoms with Crippen molar-refractivity contribution in [3.05, 3.63) is 36.4 Å². The van der Waals surface area contributed by atoms with E-state index < -0.39 is 5.76 Å². The molecule has 1 aromatic carbocycles. The number of methoxy groups -OCH3 is 1. The Morgan fingerprint density at radius 3 is 2.96 bits per heavy atom. The lowest BCUT2D eigenvalue weighted by atomic mass is 10.2. The summed E-state index contributed by atoms with van der Waals surface area (Å²) in [6.07, 6.45) is 1.75. The highest BCUT2D eigenvalue weighted by atomic mass is 32.2. The molecule has 4 nitrogen and oxygen atoms in total. The minimum Gasteiger partial charge on any atom is -0.496 e. The van der Waals surface area contributed by atoms with Crippen LogP contribution in [-0.2, 0) is 5.75 Å². The topological polar surface area (TPSA) is 47.0 Å². The van der Waals surface area contributed by atoms with E-state index in [0.29, 0.717) is 34.7 Å². The fourth-order valence-corrected chi connectivity index (χ4v) is 3.94. The van der Waals surface area contributed by atoms with Gasteiger partial charge in [-0.25, -0.2) is 0 Å². The average Bonchev–Trinajstić information content (AvgIpc) is 2.99. The van der Waals surface area contributed by atoms with Crippen molar-refractivity contribution in [2.75, 3.05) is 19.0 Å². The van der Waals surface area contributed by atoms with Gasteiger partial charge in [0.15, 0.2) is 4.34 Å². The molecule has 1 heterocycles. The van der Waals surface area contributed by atoms with Gasteiger partial charge in [-0.15, -0.1) is 16.8 Å². The fourth-order valence-electron chi connectivity index (χ4n) is 1.64. The Morgan fingerprint density at radius 1 is 1.43 bits per heavy atom. The molecule has 9 heteroatoms. The van der Waals surface area contributed by atoms with E-state index in [0.717, 1.165) is 15.0 Å².